The zero-order valence-electron chi connectivity index (χ0n) is 8.38. The van der Waals surface area contributed by atoms with E-state index in [9.17, 15) is 0 Å². The van der Waals surface area contributed by atoms with Gasteiger partial charge in [-0.1, -0.05) is 0 Å². The van der Waals surface area contributed by atoms with Crippen molar-refractivity contribution in [1.82, 2.24) is 15.2 Å². The number of aromatic nitrogens is 3. The van der Waals surface area contributed by atoms with Gasteiger partial charge in [0.25, 0.3) is 0 Å². The normalized spacial score (nSPS) is 10.5. The molecule has 15 heavy (non-hydrogen) atoms. The molecule has 0 fully saturated rings. The molecule has 2 aromatic heterocycles. The fourth-order valence-electron chi connectivity index (χ4n) is 1.11. The molecule has 0 atom stereocenters. The summed E-state index contributed by atoms with van der Waals surface area (Å²) in [6, 6.07) is 3.69. The van der Waals surface area contributed by atoms with E-state index in [1.807, 2.05) is 19.1 Å². The van der Waals surface area contributed by atoms with Gasteiger partial charge >= 0.3 is 0 Å². The molecule has 0 aromatic carbocycles. The van der Waals surface area contributed by atoms with Crippen molar-refractivity contribution in [1.29, 1.82) is 0 Å². The number of ether oxygens (including phenoxy) is 1. The first kappa shape index (κ1) is 9.79. The molecule has 0 unspecified atom stereocenters. The summed E-state index contributed by atoms with van der Waals surface area (Å²) in [5.74, 6) is 0.952. The van der Waals surface area contributed by atoms with Crippen LogP contribution in [0.4, 0.5) is 0 Å². The molecule has 0 aliphatic carbocycles. The van der Waals surface area contributed by atoms with Crippen LogP contribution in [0.1, 0.15) is 12.8 Å². The van der Waals surface area contributed by atoms with Gasteiger partial charge in [-0.05, 0) is 19.1 Å². The second kappa shape index (κ2) is 4.65. The smallest absolute Gasteiger partial charge is 0.249 e. The molecule has 0 saturated carbocycles. The molecule has 0 radical (unpaired) electrons. The molecule has 5 nitrogen and oxygen atoms in total. The van der Waals surface area contributed by atoms with Crippen molar-refractivity contribution in [3.63, 3.8) is 0 Å². The van der Waals surface area contributed by atoms with Gasteiger partial charge < -0.3 is 9.15 Å². The number of hydrogen-bond donors (Lipinski definition) is 0. The van der Waals surface area contributed by atoms with Crippen molar-refractivity contribution in [2.75, 3.05) is 6.61 Å². The van der Waals surface area contributed by atoms with Crippen LogP contribution in [0.15, 0.2) is 28.9 Å². The topological polar surface area (TPSA) is 61.0 Å². The Morgan fingerprint density at radius 2 is 2.33 bits per heavy atom. The van der Waals surface area contributed by atoms with Gasteiger partial charge in [0.2, 0.25) is 11.8 Å². The SMILES string of the molecule is CCOCc1nnc(-c2cccnc2)o1. The maximum absolute atomic E-state index is 5.38. The van der Waals surface area contributed by atoms with Crippen molar-refractivity contribution in [2.24, 2.45) is 0 Å². The predicted octanol–water partition coefficient (Wildman–Crippen LogP) is 1.67. The van der Waals surface area contributed by atoms with Crippen LogP contribution in [0.25, 0.3) is 11.5 Å². The van der Waals surface area contributed by atoms with Gasteiger partial charge in [0.05, 0.1) is 5.56 Å². The van der Waals surface area contributed by atoms with Gasteiger partial charge in [-0.25, -0.2) is 0 Å². The monoisotopic (exact) mass is 205 g/mol. The van der Waals surface area contributed by atoms with Gasteiger partial charge in [-0.3, -0.25) is 4.98 Å². The highest BCUT2D eigenvalue weighted by Gasteiger charge is 2.07. The molecule has 0 spiro atoms. The molecule has 0 amide bonds. The molecule has 0 aliphatic heterocycles. The van der Waals surface area contributed by atoms with Crippen molar-refractivity contribution in [3.05, 3.63) is 30.4 Å². The summed E-state index contributed by atoms with van der Waals surface area (Å²) < 4.78 is 10.5. The van der Waals surface area contributed by atoms with E-state index in [0.29, 0.717) is 25.0 Å². The standard InChI is InChI=1S/C10H11N3O2/c1-2-14-7-9-12-13-10(15-9)8-4-3-5-11-6-8/h3-6H,2,7H2,1H3. The van der Waals surface area contributed by atoms with Crippen LogP contribution in [-0.2, 0) is 11.3 Å². The fraction of sp³-hybridized carbons (Fsp3) is 0.300. The lowest BCUT2D eigenvalue weighted by Crippen LogP contribution is -1.91. The first-order valence-corrected chi connectivity index (χ1v) is 4.70. The van der Waals surface area contributed by atoms with E-state index in [1.54, 1.807) is 12.4 Å². The summed E-state index contributed by atoms with van der Waals surface area (Å²) >= 11 is 0. The molecule has 2 rings (SSSR count). The van der Waals surface area contributed by atoms with Crippen LogP contribution in [0, 0.1) is 0 Å². The lowest BCUT2D eigenvalue weighted by molar-refractivity contribution is 0.115. The van der Waals surface area contributed by atoms with Gasteiger partial charge in [-0.2, -0.15) is 0 Å². The number of rotatable bonds is 4. The van der Waals surface area contributed by atoms with Crippen LogP contribution in [0.3, 0.4) is 0 Å². The van der Waals surface area contributed by atoms with E-state index in [0.717, 1.165) is 5.56 Å². The van der Waals surface area contributed by atoms with E-state index >= 15 is 0 Å². The Morgan fingerprint density at radius 1 is 1.40 bits per heavy atom. The zero-order valence-corrected chi connectivity index (χ0v) is 8.38. The van der Waals surface area contributed by atoms with E-state index in [4.69, 9.17) is 9.15 Å². The molecular weight excluding hydrogens is 194 g/mol. The minimum atomic E-state index is 0.351. The highest BCUT2D eigenvalue weighted by Crippen LogP contribution is 2.15. The molecule has 5 heteroatoms. The summed E-state index contributed by atoms with van der Waals surface area (Å²) in [7, 11) is 0. The van der Waals surface area contributed by atoms with Crippen LogP contribution in [-0.4, -0.2) is 21.8 Å². The van der Waals surface area contributed by atoms with Crippen molar-refractivity contribution in [3.8, 4) is 11.5 Å². The second-order valence-corrected chi connectivity index (χ2v) is 2.88. The van der Waals surface area contributed by atoms with Gasteiger partial charge in [-0.15, -0.1) is 10.2 Å². The van der Waals surface area contributed by atoms with E-state index in [1.165, 1.54) is 0 Å². The largest absolute Gasteiger partial charge is 0.418 e. The molecule has 0 bridgehead atoms. The molecule has 0 N–H and O–H groups in total. The highest BCUT2D eigenvalue weighted by molar-refractivity contribution is 5.49. The summed E-state index contributed by atoms with van der Waals surface area (Å²) in [6.45, 7) is 2.90. The maximum Gasteiger partial charge on any atom is 0.249 e. The Morgan fingerprint density at radius 3 is 3.07 bits per heavy atom. The maximum atomic E-state index is 5.38. The Kier molecular flexibility index (Phi) is 3.04. The van der Waals surface area contributed by atoms with E-state index in [2.05, 4.69) is 15.2 Å². The molecule has 78 valence electrons. The first-order chi connectivity index (χ1) is 7.40. The Balaban J connectivity index is 2.14. The minimum Gasteiger partial charge on any atom is -0.418 e. The predicted molar refractivity (Wildman–Crippen MR) is 52.9 cm³/mol. The van der Waals surface area contributed by atoms with Crippen LogP contribution >= 0.6 is 0 Å². The van der Waals surface area contributed by atoms with Crippen LogP contribution in [0.2, 0.25) is 0 Å². The van der Waals surface area contributed by atoms with Gasteiger partial charge in [0, 0.05) is 19.0 Å². The van der Waals surface area contributed by atoms with Crippen LogP contribution in [0.5, 0.6) is 0 Å². The molecular formula is C10H11N3O2. The Labute approximate surface area is 87.1 Å². The quantitative estimate of drug-likeness (QED) is 0.759. The third-order valence-corrected chi connectivity index (χ3v) is 1.80. The Hall–Kier alpha value is -1.75. The fourth-order valence-corrected chi connectivity index (χ4v) is 1.11. The second-order valence-electron chi connectivity index (χ2n) is 2.88. The average molecular weight is 205 g/mol. The van der Waals surface area contributed by atoms with Crippen molar-refractivity contribution < 1.29 is 9.15 Å². The van der Waals surface area contributed by atoms with Crippen LogP contribution < -0.4 is 0 Å². The highest BCUT2D eigenvalue weighted by atomic mass is 16.5. The lowest BCUT2D eigenvalue weighted by Gasteiger charge is -1.94. The van der Waals surface area contributed by atoms with Gasteiger partial charge in [0.15, 0.2) is 0 Å². The van der Waals surface area contributed by atoms with Crippen molar-refractivity contribution >= 4 is 0 Å². The summed E-state index contributed by atoms with van der Waals surface area (Å²) in [6.07, 6.45) is 3.37. The number of pyridine rings is 1. The molecule has 0 aliphatic rings. The van der Waals surface area contributed by atoms with Gasteiger partial charge in [0.1, 0.15) is 6.61 Å². The molecule has 2 aromatic rings. The zero-order chi connectivity index (χ0) is 10.5. The summed E-state index contributed by atoms with van der Waals surface area (Å²) in [5.41, 5.74) is 0.813. The average Bonchev–Trinajstić information content (AvgIpc) is 2.76. The third kappa shape index (κ3) is 2.38. The van der Waals surface area contributed by atoms with Crippen molar-refractivity contribution in [2.45, 2.75) is 13.5 Å². The number of hydrogen-bond acceptors (Lipinski definition) is 5. The summed E-state index contributed by atoms with van der Waals surface area (Å²) in [5, 5.41) is 7.76. The summed E-state index contributed by atoms with van der Waals surface area (Å²) in [4.78, 5) is 3.97. The molecule has 0 saturated heterocycles. The first-order valence-electron chi connectivity index (χ1n) is 4.70. The lowest BCUT2D eigenvalue weighted by atomic mass is 10.3. The number of nitrogens with zero attached hydrogens (tertiary/aromatic N) is 3. The van der Waals surface area contributed by atoms with E-state index < -0.39 is 0 Å². The molecule has 2 heterocycles. The minimum absolute atomic E-state index is 0.351. The Bertz CT molecular complexity index is 414. The van der Waals surface area contributed by atoms with E-state index in [-0.39, 0.29) is 0 Å². The third-order valence-electron chi connectivity index (χ3n) is 1.80.